The molecule has 0 aromatic heterocycles. The molecule has 0 atom stereocenters. The molecule has 0 fully saturated rings. The molecule has 252 valence electrons. The number of nitro groups is 2. The van der Waals surface area contributed by atoms with Crippen molar-refractivity contribution in [2.75, 3.05) is 21.3 Å². The summed E-state index contributed by atoms with van der Waals surface area (Å²) in [6.45, 7) is 0. The highest BCUT2D eigenvalue weighted by Crippen LogP contribution is 2.32. The van der Waals surface area contributed by atoms with E-state index in [4.69, 9.17) is 0 Å². The first kappa shape index (κ1) is 35.9. The first-order valence-electron chi connectivity index (χ1n) is 12.8. The van der Waals surface area contributed by atoms with E-state index in [-0.39, 0.29) is 34.1 Å². The Labute approximate surface area is 263 Å². The molecule has 14 nitrogen and oxygen atoms in total. The molecule has 4 aromatic rings. The first-order chi connectivity index (χ1) is 22.3. The lowest BCUT2D eigenvalue weighted by molar-refractivity contribution is -0.385. The number of halogens is 6. The zero-order chi connectivity index (χ0) is 35.8. The second-order valence-electron chi connectivity index (χ2n) is 9.23. The van der Waals surface area contributed by atoms with Gasteiger partial charge in [-0.05, 0) is 60.7 Å². The number of carbonyl (C=O) groups excluding carboxylic acids is 2. The Hall–Kier alpha value is -6.60. The molecule has 4 rings (SSSR count). The van der Waals surface area contributed by atoms with E-state index in [9.17, 15) is 66.4 Å². The molecule has 0 saturated heterocycles. The van der Waals surface area contributed by atoms with Gasteiger partial charge in [-0.3, -0.25) is 20.2 Å². The Bertz CT molecular complexity index is 1680. The Morgan fingerprint density at radius 1 is 0.542 bits per heavy atom. The van der Waals surface area contributed by atoms with Crippen molar-refractivity contribution >= 4 is 46.2 Å². The van der Waals surface area contributed by atoms with E-state index in [0.717, 1.165) is 84.9 Å². The quantitative estimate of drug-likeness (QED) is 0.0508. The second-order valence-corrected chi connectivity index (χ2v) is 9.23. The number of amides is 4. The fourth-order valence-corrected chi connectivity index (χ4v) is 3.53. The number of urea groups is 2. The molecule has 4 aromatic carbocycles. The number of nitro benzene ring substituents is 2. The van der Waals surface area contributed by atoms with Gasteiger partial charge < -0.3 is 31.5 Å². The normalized spacial score (nSPS) is 11.0. The molecular weight excluding hydrogens is 662 g/mol. The zero-order valence-electron chi connectivity index (χ0n) is 23.6. The summed E-state index contributed by atoms with van der Waals surface area (Å²) < 4.78 is 74.6. The third kappa shape index (κ3) is 10.2. The molecule has 0 radical (unpaired) electrons. The number of non-ortho nitro benzene ring substituents is 2. The van der Waals surface area contributed by atoms with E-state index in [2.05, 4.69) is 21.3 Å². The van der Waals surface area contributed by atoms with Crippen molar-refractivity contribution in [1.29, 1.82) is 0 Å². The molecular formula is C28H20F6N6O8. The van der Waals surface area contributed by atoms with Crippen molar-refractivity contribution in [2.24, 2.45) is 0 Å². The van der Waals surface area contributed by atoms with Gasteiger partial charge >= 0.3 is 24.4 Å². The van der Waals surface area contributed by atoms with Crippen molar-refractivity contribution < 1.29 is 56.0 Å². The van der Waals surface area contributed by atoms with Crippen LogP contribution in [0.25, 0.3) is 0 Å². The van der Waals surface area contributed by atoms with Gasteiger partial charge in [0.15, 0.2) is 0 Å². The Morgan fingerprint density at radius 3 is 1.10 bits per heavy atom. The number of aromatic hydroxyl groups is 2. The minimum absolute atomic E-state index is 0.0926. The molecule has 0 aliphatic carbocycles. The van der Waals surface area contributed by atoms with E-state index in [1.807, 2.05) is 0 Å². The number of phenolic OH excluding ortho intramolecular Hbond substituents is 2. The number of alkyl halides is 6. The third-order valence-corrected chi connectivity index (χ3v) is 5.82. The lowest BCUT2D eigenvalue weighted by atomic mass is 10.2. The van der Waals surface area contributed by atoms with Gasteiger partial charge in [0, 0.05) is 23.5 Å². The van der Waals surface area contributed by atoms with Crippen LogP contribution in [-0.2, 0) is 12.4 Å². The molecule has 0 saturated carbocycles. The number of rotatable bonds is 6. The average Bonchev–Trinajstić information content (AvgIpc) is 2.99. The predicted octanol–water partition coefficient (Wildman–Crippen LogP) is 7.93. The van der Waals surface area contributed by atoms with Gasteiger partial charge in [0.1, 0.15) is 11.5 Å². The predicted molar refractivity (Wildman–Crippen MR) is 158 cm³/mol. The average molecular weight is 682 g/mol. The van der Waals surface area contributed by atoms with Gasteiger partial charge in [-0.1, -0.05) is 0 Å². The standard InChI is InChI=1S/2C14H10F3N3O4/c2*15-14(16,17)8-1-3-9(4-2-8)18-13(22)19-11-6-5-10(20(23)24)7-12(11)21/h2*1-7,21H,(H2,18,19,22). The lowest BCUT2D eigenvalue weighted by Gasteiger charge is -2.10. The summed E-state index contributed by atoms with van der Waals surface area (Å²) in [7, 11) is 0. The topological polar surface area (TPSA) is 209 Å². The smallest absolute Gasteiger partial charge is 0.416 e. The van der Waals surface area contributed by atoms with Crippen LogP contribution < -0.4 is 21.3 Å². The number of carbonyl (C=O) groups is 2. The van der Waals surface area contributed by atoms with Crippen LogP contribution in [0.15, 0.2) is 84.9 Å². The van der Waals surface area contributed by atoms with Gasteiger partial charge in [0.05, 0.1) is 44.5 Å². The maximum Gasteiger partial charge on any atom is 0.416 e. The molecule has 20 heteroatoms. The van der Waals surface area contributed by atoms with E-state index >= 15 is 0 Å². The monoisotopic (exact) mass is 682 g/mol. The van der Waals surface area contributed by atoms with Crippen LogP contribution in [0.1, 0.15) is 11.1 Å². The van der Waals surface area contributed by atoms with Crippen LogP contribution in [-0.4, -0.2) is 32.1 Å². The molecule has 0 aliphatic rings. The van der Waals surface area contributed by atoms with E-state index in [1.165, 1.54) is 0 Å². The molecule has 4 amide bonds. The highest BCUT2D eigenvalue weighted by atomic mass is 19.4. The van der Waals surface area contributed by atoms with Crippen LogP contribution in [0, 0.1) is 20.2 Å². The van der Waals surface area contributed by atoms with Gasteiger partial charge in [0.2, 0.25) is 0 Å². The molecule has 0 unspecified atom stereocenters. The number of nitrogens with zero attached hydrogens (tertiary/aromatic N) is 2. The molecule has 6 N–H and O–H groups in total. The highest BCUT2D eigenvalue weighted by Gasteiger charge is 2.30. The number of nitrogens with one attached hydrogen (secondary N) is 4. The number of phenols is 2. The van der Waals surface area contributed by atoms with Crippen LogP contribution in [0.3, 0.4) is 0 Å². The highest BCUT2D eigenvalue weighted by molar-refractivity contribution is 6.01. The summed E-state index contributed by atoms with van der Waals surface area (Å²) in [5.74, 6) is -1.04. The molecule has 0 aliphatic heterocycles. The van der Waals surface area contributed by atoms with Crippen molar-refractivity contribution in [2.45, 2.75) is 12.4 Å². The zero-order valence-corrected chi connectivity index (χ0v) is 23.6. The van der Waals surface area contributed by atoms with Crippen LogP contribution in [0.2, 0.25) is 0 Å². The van der Waals surface area contributed by atoms with Crippen molar-refractivity contribution in [3.05, 3.63) is 116 Å². The van der Waals surface area contributed by atoms with Crippen molar-refractivity contribution in [3.8, 4) is 11.5 Å². The van der Waals surface area contributed by atoms with Crippen molar-refractivity contribution in [3.63, 3.8) is 0 Å². The summed E-state index contributed by atoms with van der Waals surface area (Å²) in [4.78, 5) is 43.1. The molecule has 0 heterocycles. The number of benzene rings is 4. The number of anilines is 4. The molecule has 48 heavy (non-hydrogen) atoms. The Morgan fingerprint density at radius 2 is 0.854 bits per heavy atom. The van der Waals surface area contributed by atoms with E-state index in [1.54, 1.807) is 0 Å². The van der Waals surface area contributed by atoms with E-state index in [0.29, 0.717) is 0 Å². The largest absolute Gasteiger partial charge is 0.506 e. The number of hydrogen-bond donors (Lipinski definition) is 6. The minimum atomic E-state index is -4.48. The van der Waals surface area contributed by atoms with Crippen LogP contribution >= 0.6 is 0 Å². The van der Waals surface area contributed by atoms with E-state index < -0.39 is 56.9 Å². The summed E-state index contributed by atoms with van der Waals surface area (Å²) in [6, 6.07) is 11.9. The first-order valence-corrected chi connectivity index (χ1v) is 12.8. The third-order valence-electron chi connectivity index (χ3n) is 5.82. The summed E-state index contributed by atoms with van der Waals surface area (Å²) in [6.07, 6.45) is -8.96. The fourth-order valence-electron chi connectivity index (χ4n) is 3.53. The summed E-state index contributed by atoms with van der Waals surface area (Å²) in [5, 5.41) is 49.3. The maximum atomic E-state index is 12.4. The van der Waals surface area contributed by atoms with Gasteiger partial charge in [-0.2, -0.15) is 26.3 Å². The Kier molecular flexibility index (Phi) is 11.0. The minimum Gasteiger partial charge on any atom is -0.506 e. The van der Waals surface area contributed by atoms with Crippen LogP contribution in [0.5, 0.6) is 11.5 Å². The second kappa shape index (κ2) is 14.7. The molecule has 0 bridgehead atoms. The summed E-state index contributed by atoms with van der Waals surface area (Å²) >= 11 is 0. The van der Waals surface area contributed by atoms with Gasteiger partial charge in [-0.15, -0.1) is 0 Å². The van der Waals surface area contributed by atoms with Crippen LogP contribution in [0.4, 0.5) is 70.1 Å². The van der Waals surface area contributed by atoms with Gasteiger partial charge in [-0.25, -0.2) is 9.59 Å². The lowest BCUT2D eigenvalue weighted by Crippen LogP contribution is -2.19. The fraction of sp³-hybridized carbons (Fsp3) is 0.0714. The number of hydrogen-bond acceptors (Lipinski definition) is 8. The Balaban J connectivity index is 0.000000260. The maximum absolute atomic E-state index is 12.4. The molecule has 0 spiro atoms. The summed E-state index contributed by atoms with van der Waals surface area (Å²) in [5.41, 5.74) is -2.43. The SMILES string of the molecule is O=C(Nc1ccc(C(F)(F)F)cc1)Nc1ccc([N+](=O)[O-])cc1O.O=C(Nc1ccc(C(F)(F)F)cc1)Nc1ccc([N+](=O)[O-])cc1O. The van der Waals surface area contributed by atoms with Crippen molar-refractivity contribution in [1.82, 2.24) is 0 Å². The van der Waals surface area contributed by atoms with Gasteiger partial charge in [0.25, 0.3) is 11.4 Å².